The molecule has 0 saturated carbocycles. The van der Waals surface area contributed by atoms with E-state index >= 15 is 0 Å². The lowest BCUT2D eigenvalue weighted by atomic mass is 9.86. The summed E-state index contributed by atoms with van der Waals surface area (Å²) in [6.45, 7) is 6.27. The number of aromatic hydroxyl groups is 1. The molecule has 22 heavy (non-hydrogen) atoms. The molecule has 114 valence electrons. The molecule has 0 bridgehead atoms. The maximum Gasteiger partial charge on any atom is 0.270 e. The number of para-hydroxylation sites is 1. The first-order chi connectivity index (χ1) is 10.3. The number of phenols is 1. The normalized spacial score (nSPS) is 11.8. The smallest absolute Gasteiger partial charge is 0.270 e. The Morgan fingerprint density at radius 2 is 1.86 bits per heavy atom. The Morgan fingerprint density at radius 1 is 1.18 bits per heavy atom. The zero-order valence-corrected chi connectivity index (χ0v) is 12.8. The van der Waals surface area contributed by atoms with Crippen LogP contribution in [0.5, 0.6) is 5.75 Å². The predicted molar refractivity (Wildman–Crippen MR) is 87.2 cm³/mol. The average molecular weight is 298 g/mol. The molecule has 0 aromatic heterocycles. The van der Waals surface area contributed by atoms with Crippen molar-refractivity contribution in [3.05, 3.63) is 63.7 Å². The Bertz CT molecular complexity index is 731. The van der Waals surface area contributed by atoms with Crippen LogP contribution >= 0.6 is 0 Å². The molecule has 2 aromatic rings. The number of hydrogen-bond acceptors (Lipinski definition) is 4. The zero-order valence-electron chi connectivity index (χ0n) is 12.8. The molecule has 0 spiro atoms. The van der Waals surface area contributed by atoms with Crippen molar-refractivity contribution in [1.82, 2.24) is 0 Å². The van der Waals surface area contributed by atoms with Gasteiger partial charge in [0.1, 0.15) is 5.75 Å². The van der Waals surface area contributed by atoms with Gasteiger partial charge in [-0.3, -0.25) is 15.1 Å². The van der Waals surface area contributed by atoms with Crippen LogP contribution in [0, 0.1) is 10.1 Å². The molecule has 0 radical (unpaired) electrons. The van der Waals surface area contributed by atoms with Gasteiger partial charge >= 0.3 is 0 Å². The Balaban J connectivity index is 2.42. The summed E-state index contributed by atoms with van der Waals surface area (Å²) >= 11 is 0. The number of hydrogen-bond donors (Lipinski definition) is 1. The van der Waals surface area contributed by atoms with Crippen LogP contribution in [0.4, 0.5) is 11.4 Å². The average Bonchev–Trinajstić information content (AvgIpc) is 2.45. The van der Waals surface area contributed by atoms with Crippen LogP contribution in [0.1, 0.15) is 31.9 Å². The molecule has 0 amide bonds. The first-order valence-electron chi connectivity index (χ1n) is 6.90. The lowest BCUT2D eigenvalue weighted by Crippen LogP contribution is -2.11. The first-order valence-corrected chi connectivity index (χ1v) is 6.90. The van der Waals surface area contributed by atoms with Crippen LogP contribution in [-0.4, -0.2) is 16.2 Å². The highest BCUT2D eigenvalue weighted by molar-refractivity contribution is 5.86. The number of phenolic OH excluding ortho intramolecular Hbond substituents is 1. The molecule has 0 fully saturated rings. The van der Waals surface area contributed by atoms with E-state index in [2.05, 4.69) is 25.8 Å². The fraction of sp³-hybridized carbons (Fsp3) is 0.235. The number of rotatable bonds is 3. The van der Waals surface area contributed by atoms with Crippen LogP contribution in [0.25, 0.3) is 0 Å². The largest absolute Gasteiger partial charge is 0.507 e. The summed E-state index contributed by atoms with van der Waals surface area (Å²) in [5.74, 6) is -0.0393. The van der Waals surface area contributed by atoms with Crippen molar-refractivity contribution in [1.29, 1.82) is 0 Å². The van der Waals surface area contributed by atoms with Crippen molar-refractivity contribution in [2.24, 2.45) is 4.99 Å². The van der Waals surface area contributed by atoms with E-state index in [4.69, 9.17) is 0 Å². The van der Waals surface area contributed by atoms with Gasteiger partial charge in [0.2, 0.25) is 0 Å². The van der Waals surface area contributed by atoms with Crippen molar-refractivity contribution < 1.29 is 10.0 Å². The molecule has 5 nitrogen and oxygen atoms in total. The summed E-state index contributed by atoms with van der Waals surface area (Å²) in [4.78, 5) is 14.7. The fourth-order valence-corrected chi connectivity index (χ4v) is 2.12. The summed E-state index contributed by atoms with van der Waals surface area (Å²) in [5, 5.41) is 20.6. The quantitative estimate of drug-likeness (QED) is 0.520. The van der Waals surface area contributed by atoms with E-state index in [1.807, 2.05) is 24.3 Å². The molecule has 0 aliphatic carbocycles. The van der Waals surface area contributed by atoms with E-state index in [-0.39, 0.29) is 16.9 Å². The molecular formula is C17H18N2O3. The Morgan fingerprint density at radius 3 is 2.50 bits per heavy atom. The van der Waals surface area contributed by atoms with Gasteiger partial charge in [0.15, 0.2) is 0 Å². The molecule has 0 atom stereocenters. The molecule has 0 aliphatic rings. The van der Waals surface area contributed by atoms with Crippen LogP contribution < -0.4 is 0 Å². The van der Waals surface area contributed by atoms with Gasteiger partial charge in [-0.15, -0.1) is 0 Å². The molecular weight excluding hydrogens is 280 g/mol. The van der Waals surface area contributed by atoms with E-state index < -0.39 is 4.92 Å². The highest BCUT2D eigenvalue weighted by atomic mass is 16.6. The van der Waals surface area contributed by atoms with Crippen molar-refractivity contribution in [3.63, 3.8) is 0 Å². The van der Waals surface area contributed by atoms with E-state index in [1.165, 1.54) is 24.4 Å². The van der Waals surface area contributed by atoms with Crippen LogP contribution in [0.2, 0.25) is 0 Å². The SMILES string of the molecule is CC(C)(C)c1ccccc1/N=C/c1cc([N+](=O)[O-])ccc1O. The van der Waals surface area contributed by atoms with Gasteiger partial charge in [0.25, 0.3) is 5.69 Å². The summed E-state index contributed by atoms with van der Waals surface area (Å²) in [6.07, 6.45) is 1.45. The van der Waals surface area contributed by atoms with Crippen LogP contribution in [-0.2, 0) is 5.41 Å². The summed E-state index contributed by atoms with van der Waals surface area (Å²) in [6, 6.07) is 11.6. The summed E-state index contributed by atoms with van der Waals surface area (Å²) in [5.41, 5.74) is 2.01. The number of aliphatic imine (C=N–C) groups is 1. The third kappa shape index (κ3) is 3.49. The highest BCUT2D eigenvalue weighted by Crippen LogP contribution is 2.31. The zero-order chi connectivity index (χ0) is 16.3. The number of non-ortho nitro benzene ring substituents is 1. The predicted octanol–water partition coefficient (Wildman–Crippen LogP) is 4.35. The second-order valence-corrected chi connectivity index (χ2v) is 6.03. The number of benzene rings is 2. The van der Waals surface area contributed by atoms with Gasteiger partial charge in [-0.05, 0) is 23.1 Å². The van der Waals surface area contributed by atoms with Crippen LogP contribution in [0.15, 0.2) is 47.5 Å². The number of nitro groups is 1. The monoisotopic (exact) mass is 298 g/mol. The minimum absolute atomic E-state index is 0.0393. The van der Waals surface area contributed by atoms with Gasteiger partial charge in [-0.2, -0.15) is 0 Å². The molecule has 0 aliphatic heterocycles. The Hall–Kier alpha value is -2.69. The van der Waals surface area contributed by atoms with Crippen molar-refractivity contribution in [3.8, 4) is 5.75 Å². The van der Waals surface area contributed by atoms with E-state index in [9.17, 15) is 15.2 Å². The lowest BCUT2D eigenvalue weighted by Gasteiger charge is -2.20. The third-order valence-corrected chi connectivity index (χ3v) is 3.28. The molecule has 0 saturated heterocycles. The van der Waals surface area contributed by atoms with E-state index in [0.29, 0.717) is 5.56 Å². The maximum absolute atomic E-state index is 10.8. The summed E-state index contributed by atoms with van der Waals surface area (Å²) < 4.78 is 0. The fourth-order valence-electron chi connectivity index (χ4n) is 2.12. The standard InChI is InChI=1S/C17H18N2O3/c1-17(2,3)14-6-4-5-7-15(14)18-11-12-10-13(19(21)22)8-9-16(12)20/h4-11,20H,1-3H3/b18-11+. The maximum atomic E-state index is 10.8. The summed E-state index contributed by atoms with van der Waals surface area (Å²) in [7, 11) is 0. The van der Waals surface area contributed by atoms with Crippen molar-refractivity contribution in [2.45, 2.75) is 26.2 Å². The lowest BCUT2D eigenvalue weighted by molar-refractivity contribution is -0.384. The third-order valence-electron chi connectivity index (χ3n) is 3.28. The molecule has 2 aromatic carbocycles. The van der Waals surface area contributed by atoms with Gasteiger partial charge in [-0.1, -0.05) is 39.0 Å². The van der Waals surface area contributed by atoms with Gasteiger partial charge < -0.3 is 5.11 Å². The molecule has 5 heteroatoms. The minimum Gasteiger partial charge on any atom is -0.507 e. The Kier molecular flexibility index (Phi) is 4.26. The van der Waals surface area contributed by atoms with Crippen molar-refractivity contribution in [2.75, 3.05) is 0 Å². The molecule has 0 heterocycles. The van der Waals surface area contributed by atoms with E-state index in [1.54, 1.807) is 0 Å². The highest BCUT2D eigenvalue weighted by Gasteiger charge is 2.17. The van der Waals surface area contributed by atoms with E-state index in [0.717, 1.165) is 11.3 Å². The topological polar surface area (TPSA) is 75.7 Å². The van der Waals surface area contributed by atoms with Gasteiger partial charge in [-0.25, -0.2) is 0 Å². The molecule has 0 unspecified atom stereocenters. The number of nitrogens with zero attached hydrogens (tertiary/aromatic N) is 2. The van der Waals surface area contributed by atoms with Crippen molar-refractivity contribution >= 4 is 17.6 Å². The molecule has 2 rings (SSSR count). The second kappa shape index (κ2) is 5.97. The van der Waals surface area contributed by atoms with Gasteiger partial charge in [0, 0.05) is 23.9 Å². The minimum atomic E-state index is -0.500. The van der Waals surface area contributed by atoms with Crippen LogP contribution in [0.3, 0.4) is 0 Å². The second-order valence-electron chi connectivity index (χ2n) is 6.03. The Labute approximate surface area is 129 Å². The first kappa shape index (κ1) is 15.7. The van der Waals surface area contributed by atoms with Gasteiger partial charge in [0.05, 0.1) is 10.6 Å². The molecule has 1 N–H and O–H groups in total. The number of nitro benzene ring substituents is 1.